The molecule has 1 aliphatic rings. The van der Waals surface area contributed by atoms with Crippen LogP contribution in [0, 0.1) is 0 Å². The van der Waals surface area contributed by atoms with Crippen LogP contribution >= 0.6 is 0 Å². The van der Waals surface area contributed by atoms with Gasteiger partial charge in [0, 0.05) is 17.8 Å². The molecule has 0 spiro atoms. The van der Waals surface area contributed by atoms with Crippen LogP contribution in [0.4, 0.5) is 5.69 Å². The third kappa shape index (κ3) is 3.81. The van der Waals surface area contributed by atoms with E-state index in [1.165, 1.54) is 6.33 Å². The fraction of sp³-hybridized carbons (Fsp3) is 0.250. The summed E-state index contributed by atoms with van der Waals surface area (Å²) >= 11 is 0. The zero-order valence-corrected chi connectivity index (χ0v) is 15.7. The maximum absolute atomic E-state index is 12.4. The van der Waals surface area contributed by atoms with Crippen LogP contribution in [0.15, 0.2) is 55.1 Å². The average molecular weight is 379 g/mol. The normalized spacial score (nSPS) is 13.5. The minimum absolute atomic E-state index is 0.0762. The fourth-order valence-corrected chi connectivity index (χ4v) is 3.04. The monoisotopic (exact) mass is 379 g/mol. The molecule has 1 aromatic heterocycles. The van der Waals surface area contributed by atoms with Crippen molar-refractivity contribution < 1.29 is 14.3 Å². The Morgan fingerprint density at radius 1 is 1.21 bits per heavy atom. The van der Waals surface area contributed by atoms with E-state index in [1.54, 1.807) is 29.2 Å². The molecule has 1 aliphatic heterocycles. The van der Waals surface area contributed by atoms with E-state index in [4.69, 9.17) is 9.47 Å². The lowest BCUT2D eigenvalue weighted by Gasteiger charge is -2.24. The van der Waals surface area contributed by atoms with Gasteiger partial charge in [-0.3, -0.25) is 9.69 Å². The summed E-state index contributed by atoms with van der Waals surface area (Å²) in [7, 11) is 1.93. The molecule has 28 heavy (non-hydrogen) atoms. The molecule has 0 unspecified atom stereocenters. The van der Waals surface area contributed by atoms with Crippen molar-refractivity contribution in [1.82, 2.24) is 19.7 Å². The quantitative estimate of drug-likeness (QED) is 0.709. The van der Waals surface area contributed by atoms with Crippen LogP contribution in [0.3, 0.4) is 0 Å². The van der Waals surface area contributed by atoms with Crippen LogP contribution in [-0.4, -0.2) is 46.0 Å². The van der Waals surface area contributed by atoms with Crippen molar-refractivity contribution in [2.24, 2.45) is 0 Å². The van der Waals surface area contributed by atoms with E-state index >= 15 is 0 Å². The Bertz CT molecular complexity index is 956. The first-order chi connectivity index (χ1) is 13.6. The van der Waals surface area contributed by atoms with Gasteiger partial charge in [0.25, 0.3) is 0 Å². The highest BCUT2D eigenvalue weighted by molar-refractivity contribution is 5.92. The lowest BCUT2D eigenvalue weighted by atomic mass is 10.1. The van der Waals surface area contributed by atoms with E-state index in [1.807, 2.05) is 36.2 Å². The number of hydrogen-bond acceptors (Lipinski definition) is 6. The molecular formula is C20H21N5O3. The number of anilines is 1. The number of aromatic nitrogens is 3. The van der Waals surface area contributed by atoms with Crippen LogP contribution in [0.2, 0.25) is 0 Å². The second-order valence-corrected chi connectivity index (χ2v) is 6.64. The Morgan fingerprint density at radius 3 is 2.75 bits per heavy atom. The van der Waals surface area contributed by atoms with E-state index < -0.39 is 0 Å². The molecule has 3 aromatic rings. The molecule has 0 bridgehead atoms. The van der Waals surface area contributed by atoms with Crippen LogP contribution in [0.5, 0.6) is 11.5 Å². The highest BCUT2D eigenvalue weighted by Crippen LogP contribution is 2.34. The predicted molar refractivity (Wildman–Crippen MR) is 104 cm³/mol. The first-order valence-corrected chi connectivity index (χ1v) is 8.95. The van der Waals surface area contributed by atoms with E-state index in [2.05, 4.69) is 22.3 Å². The predicted octanol–water partition coefficient (Wildman–Crippen LogP) is 2.63. The minimum atomic E-state index is -0.0903. The highest BCUT2D eigenvalue weighted by Gasteiger charge is 2.17. The molecule has 4 rings (SSSR count). The Labute approximate surface area is 162 Å². The molecule has 8 nitrogen and oxygen atoms in total. The van der Waals surface area contributed by atoms with Crippen LogP contribution in [0.25, 0.3) is 5.69 Å². The van der Waals surface area contributed by atoms with Gasteiger partial charge in [-0.25, -0.2) is 9.67 Å². The van der Waals surface area contributed by atoms with Gasteiger partial charge in [0.1, 0.15) is 12.7 Å². The summed E-state index contributed by atoms with van der Waals surface area (Å²) in [5.74, 6) is 1.25. The van der Waals surface area contributed by atoms with Crippen molar-refractivity contribution >= 4 is 11.6 Å². The number of nitrogens with zero attached hydrogens (tertiary/aromatic N) is 4. The number of carbonyl (C=O) groups excluding carboxylic acids is 1. The van der Waals surface area contributed by atoms with Gasteiger partial charge in [-0.2, -0.15) is 5.10 Å². The topological polar surface area (TPSA) is 81.5 Å². The summed E-state index contributed by atoms with van der Waals surface area (Å²) < 4.78 is 12.3. The summed E-state index contributed by atoms with van der Waals surface area (Å²) in [5.41, 5.74) is 2.74. The van der Waals surface area contributed by atoms with Crippen LogP contribution in [-0.2, 0) is 4.79 Å². The third-order valence-corrected chi connectivity index (χ3v) is 4.77. The Kier molecular flexibility index (Phi) is 4.94. The van der Waals surface area contributed by atoms with Crippen LogP contribution in [0.1, 0.15) is 18.5 Å². The molecule has 1 N–H and O–H groups in total. The van der Waals surface area contributed by atoms with Gasteiger partial charge >= 0.3 is 0 Å². The zero-order valence-electron chi connectivity index (χ0n) is 15.7. The highest BCUT2D eigenvalue weighted by atomic mass is 16.7. The van der Waals surface area contributed by atoms with Gasteiger partial charge in [0.05, 0.1) is 12.2 Å². The number of hydrogen-bond donors (Lipinski definition) is 1. The molecular weight excluding hydrogens is 358 g/mol. The van der Waals surface area contributed by atoms with Crippen LogP contribution < -0.4 is 14.8 Å². The summed E-state index contributed by atoms with van der Waals surface area (Å²) in [6.07, 6.45) is 3.16. The standard InChI is InChI=1S/C20H21N5O3/c1-14(15-3-6-17(7-4-15)25-12-21-11-22-25)24(2)10-20(26)23-16-5-8-18-19(9-16)28-13-27-18/h3-9,11-12,14H,10,13H2,1-2H3,(H,23,26)/t14-/m1/s1. The molecule has 0 radical (unpaired) electrons. The van der Waals surface area contributed by atoms with Crippen molar-refractivity contribution in [2.45, 2.75) is 13.0 Å². The van der Waals surface area contributed by atoms with Gasteiger partial charge in [0.2, 0.25) is 12.7 Å². The molecule has 1 amide bonds. The average Bonchev–Trinajstić information content (AvgIpc) is 3.39. The van der Waals surface area contributed by atoms with E-state index in [-0.39, 0.29) is 25.3 Å². The summed E-state index contributed by atoms with van der Waals surface area (Å²) in [6, 6.07) is 13.5. The maximum Gasteiger partial charge on any atom is 0.238 e. The van der Waals surface area contributed by atoms with Crippen molar-refractivity contribution in [1.29, 1.82) is 0 Å². The van der Waals surface area contributed by atoms with E-state index in [0.29, 0.717) is 17.2 Å². The maximum atomic E-state index is 12.4. The molecule has 2 aromatic carbocycles. The fourth-order valence-electron chi connectivity index (χ4n) is 3.04. The number of nitrogens with one attached hydrogen (secondary N) is 1. The molecule has 0 saturated carbocycles. The number of likely N-dealkylation sites (N-methyl/N-ethyl adjacent to an activating group) is 1. The first kappa shape index (κ1) is 18.0. The Hall–Kier alpha value is -3.39. The van der Waals surface area contributed by atoms with Gasteiger partial charge < -0.3 is 14.8 Å². The molecule has 2 heterocycles. The molecule has 1 atom stereocenters. The summed E-state index contributed by atoms with van der Waals surface area (Å²) in [5, 5.41) is 7.02. The van der Waals surface area contributed by atoms with Gasteiger partial charge in [-0.05, 0) is 43.8 Å². The number of rotatable bonds is 6. The molecule has 0 saturated heterocycles. The third-order valence-electron chi connectivity index (χ3n) is 4.77. The SMILES string of the molecule is C[C@H](c1ccc(-n2cncn2)cc1)N(C)CC(=O)Nc1ccc2c(c1)OCO2. The number of fused-ring (bicyclic) bond motifs is 1. The number of carbonyl (C=O) groups is 1. The van der Waals surface area contributed by atoms with Crippen molar-refractivity contribution in [3.05, 3.63) is 60.7 Å². The number of ether oxygens (including phenoxy) is 2. The Morgan fingerprint density at radius 2 is 2.00 bits per heavy atom. The second kappa shape index (κ2) is 7.69. The minimum Gasteiger partial charge on any atom is -0.454 e. The van der Waals surface area contributed by atoms with Gasteiger partial charge in [0.15, 0.2) is 11.5 Å². The molecule has 0 aliphatic carbocycles. The van der Waals surface area contributed by atoms with Gasteiger partial charge in [-0.1, -0.05) is 12.1 Å². The summed E-state index contributed by atoms with van der Waals surface area (Å²) in [6.45, 7) is 2.54. The number of amides is 1. The van der Waals surface area contributed by atoms with Crippen molar-refractivity contribution in [3.63, 3.8) is 0 Å². The first-order valence-electron chi connectivity index (χ1n) is 8.95. The van der Waals surface area contributed by atoms with Crippen molar-refractivity contribution in [2.75, 3.05) is 25.7 Å². The lowest BCUT2D eigenvalue weighted by molar-refractivity contribution is -0.117. The zero-order chi connectivity index (χ0) is 19.5. The van der Waals surface area contributed by atoms with Crippen molar-refractivity contribution in [3.8, 4) is 17.2 Å². The molecule has 0 fully saturated rings. The summed E-state index contributed by atoms with van der Waals surface area (Å²) in [4.78, 5) is 18.4. The van der Waals surface area contributed by atoms with E-state index in [9.17, 15) is 4.79 Å². The molecule has 144 valence electrons. The second-order valence-electron chi connectivity index (χ2n) is 6.64. The van der Waals surface area contributed by atoms with Gasteiger partial charge in [-0.15, -0.1) is 0 Å². The smallest absolute Gasteiger partial charge is 0.238 e. The number of benzene rings is 2. The van der Waals surface area contributed by atoms with E-state index in [0.717, 1.165) is 11.3 Å². The Balaban J connectivity index is 1.36. The molecule has 8 heteroatoms. The lowest BCUT2D eigenvalue weighted by Crippen LogP contribution is -2.32. The largest absolute Gasteiger partial charge is 0.454 e.